The minimum absolute atomic E-state index is 0.0642. The van der Waals surface area contributed by atoms with Crippen molar-refractivity contribution in [3.05, 3.63) is 48.5 Å². The largest absolute Gasteiger partial charge is 0.490 e. The number of nitrogens with one attached hydrogen (secondary N) is 2. The van der Waals surface area contributed by atoms with Gasteiger partial charge in [0, 0.05) is 57.1 Å². The van der Waals surface area contributed by atoms with E-state index in [-0.39, 0.29) is 12.5 Å². The molecule has 8 nitrogen and oxygen atoms in total. The number of guanidine groups is 1. The molecule has 2 heterocycles. The molecule has 1 saturated heterocycles. The number of hydrogen-bond acceptors (Lipinski definition) is 5. The van der Waals surface area contributed by atoms with Crippen molar-refractivity contribution < 1.29 is 14.3 Å². The second-order valence-electron chi connectivity index (χ2n) is 7.47. The first-order chi connectivity index (χ1) is 15.2. The second-order valence-corrected chi connectivity index (χ2v) is 7.47. The average Bonchev–Trinajstić information content (AvgIpc) is 3.07. The molecule has 1 amide bonds. The molecule has 2 N–H and O–H groups in total. The number of nitrogens with zero attached hydrogens (tertiary/aromatic N) is 3. The van der Waals surface area contributed by atoms with Gasteiger partial charge >= 0.3 is 0 Å². The molecule has 0 saturated carbocycles. The van der Waals surface area contributed by atoms with Crippen LogP contribution < -0.4 is 25.0 Å². The normalized spacial score (nSPS) is 16.5. The van der Waals surface area contributed by atoms with Crippen molar-refractivity contribution in [3.63, 3.8) is 0 Å². The number of aliphatic imine (C=N–C) groups is 1. The van der Waals surface area contributed by atoms with Crippen molar-refractivity contribution >= 4 is 23.2 Å². The summed E-state index contributed by atoms with van der Waals surface area (Å²) in [5, 5.41) is 6.32. The molecule has 0 atom stereocenters. The summed E-state index contributed by atoms with van der Waals surface area (Å²) in [6.07, 6.45) is 0.863. The van der Waals surface area contributed by atoms with E-state index < -0.39 is 0 Å². The van der Waals surface area contributed by atoms with Gasteiger partial charge in [-0.3, -0.25) is 9.79 Å². The van der Waals surface area contributed by atoms with E-state index >= 15 is 0 Å². The molecule has 8 heteroatoms. The SMILES string of the molecule is CN=C(NCC(=O)N1CCN(c2ccccc2)CC1)Nc1ccc2c(c1)OCCCO2. The van der Waals surface area contributed by atoms with E-state index in [0.717, 1.165) is 30.9 Å². The lowest BCUT2D eigenvalue weighted by molar-refractivity contribution is -0.130. The van der Waals surface area contributed by atoms with Gasteiger partial charge in [-0.25, -0.2) is 0 Å². The number of para-hydroxylation sites is 1. The van der Waals surface area contributed by atoms with Crippen LogP contribution in [0.2, 0.25) is 0 Å². The van der Waals surface area contributed by atoms with E-state index in [9.17, 15) is 4.79 Å². The molecule has 1 fully saturated rings. The van der Waals surface area contributed by atoms with Crippen LogP contribution in [0.5, 0.6) is 11.5 Å². The highest BCUT2D eigenvalue weighted by Crippen LogP contribution is 2.32. The lowest BCUT2D eigenvalue weighted by Gasteiger charge is -2.36. The van der Waals surface area contributed by atoms with Crippen LogP contribution in [-0.2, 0) is 4.79 Å². The van der Waals surface area contributed by atoms with Crippen molar-refractivity contribution in [2.75, 3.05) is 63.2 Å². The minimum Gasteiger partial charge on any atom is -0.490 e. The number of carbonyl (C=O) groups is 1. The van der Waals surface area contributed by atoms with Crippen molar-refractivity contribution in [2.45, 2.75) is 6.42 Å². The molecule has 4 rings (SSSR count). The Bertz CT molecular complexity index is 911. The molecule has 0 unspecified atom stereocenters. The predicted octanol–water partition coefficient (Wildman–Crippen LogP) is 2.18. The van der Waals surface area contributed by atoms with Gasteiger partial charge < -0.3 is 29.9 Å². The monoisotopic (exact) mass is 423 g/mol. The fourth-order valence-electron chi connectivity index (χ4n) is 3.68. The molecule has 164 valence electrons. The van der Waals surface area contributed by atoms with Gasteiger partial charge in [0.1, 0.15) is 0 Å². The second kappa shape index (κ2) is 10.1. The standard InChI is InChI=1S/C23H29N5O3/c1-24-23(26-18-8-9-20-21(16-18)31-15-5-14-30-20)25-17-22(29)28-12-10-27(11-13-28)19-6-3-2-4-7-19/h2-4,6-9,16H,5,10-15,17H2,1H3,(H2,24,25,26). The van der Waals surface area contributed by atoms with Crippen molar-refractivity contribution in [1.82, 2.24) is 10.2 Å². The van der Waals surface area contributed by atoms with Gasteiger partial charge in [0.15, 0.2) is 17.5 Å². The summed E-state index contributed by atoms with van der Waals surface area (Å²) in [5.74, 6) is 2.06. The lowest BCUT2D eigenvalue weighted by Crippen LogP contribution is -2.51. The number of fused-ring (bicyclic) bond motifs is 1. The molecule has 2 aliphatic rings. The summed E-state index contributed by atoms with van der Waals surface area (Å²) < 4.78 is 11.4. The summed E-state index contributed by atoms with van der Waals surface area (Å²) in [7, 11) is 1.68. The number of anilines is 2. The zero-order chi connectivity index (χ0) is 21.5. The van der Waals surface area contributed by atoms with Gasteiger partial charge in [-0.05, 0) is 24.3 Å². The number of piperazine rings is 1. The van der Waals surface area contributed by atoms with Crippen molar-refractivity contribution in [3.8, 4) is 11.5 Å². The van der Waals surface area contributed by atoms with Gasteiger partial charge in [-0.1, -0.05) is 18.2 Å². The Balaban J connectivity index is 1.26. The number of ether oxygens (including phenoxy) is 2. The Labute approximate surface area is 182 Å². The summed E-state index contributed by atoms with van der Waals surface area (Å²) >= 11 is 0. The maximum atomic E-state index is 12.7. The Kier molecular flexibility index (Phi) is 6.76. The average molecular weight is 424 g/mol. The highest BCUT2D eigenvalue weighted by molar-refractivity contribution is 5.96. The number of carbonyl (C=O) groups excluding carboxylic acids is 1. The first-order valence-electron chi connectivity index (χ1n) is 10.7. The highest BCUT2D eigenvalue weighted by Gasteiger charge is 2.21. The first-order valence-corrected chi connectivity index (χ1v) is 10.7. The van der Waals surface area contributed by atoms with Crippen LogP contribution in [0.25, 0.3) is 0 Å². The van der Waals surface area contributed by atoms with E-state index in [2.05, 4.69) is 32.7 Å². The van der Waals surface area contributed by atoms with E-state index in [1.807, 2.05) is 41.3 Å². The maximum Gasteiger partial charge on any atom is 0.242 e. The number of hydrogen-bond donors (Lipinski definition) is 2. The Morgan fingerprint density at radius 3 is 2.48 bits per heavy atom. The zero-order valence-electron chi connectivity index (χ0n) is 17.8. The van der Waals surface area contributed by atoms with E-state index in [4.69, 9.17) is 9.47 Å². The van der Waals surface area contributed by atoms with Crippen LogP contribution in [0.3, 0.4) is 0 Å². The minimum atomic E-state index is 0.0642. The van der Waals surface area contributed by atoms with Gasteiger partial charge in [0.2, 0.25) is 5.91 Å². The molecule has 0 spiro atoms. The quantitative estimate of drug-likeness (QED) is 0.580. The maximum absolute atomic E-state index is 12.7. The summed E-state index contributed by atoms with van der Waals surface area (Å²) in [6, 6.07) is 16.0. The number of benzene rings is 2. The molecule has 31 heavy (non-hydrogen) atoms. The van der Waals surface area contributed by atoms with Gasteiger partial charge in [-0.15, -0.1) is 0 Å². The molecule has 2 aromatic carbocycles. The molecule has 2 aliphatic heterocycles. The van der Waals surface area contributed by atoms with E-state index in [1.54, 1.807) is 7.05 Å². The smallest absolute Gasteiger partial charge is 0.242 e. The topological polar surface area (TPSA) is 78.4 Å². The molecule has 2 aromatic rings. The summed E-state index contributed by atoms with van der Waals surface area (Å²) in [5.41, 5.74) is 2.02. The fourth-order valence-corrected chi connectivity index (χ4v) is 3.68. The molecular formula is C23H29N5O3. The fraction of sp³-hybridized carbons (Fsp3) is 0.391. The van der Waals surface area contributed by atoms with Crippen LogP contribution in [0, 0.1) is 0 Å². The van der Waals surface area contributed by atoms with Crippen molar-refractivity contribution in [2.24, 2.45) is 4.99 Å². The van der Waals surface area contributed by atoms with Gasteiger partial charge in [0.25, 0.3) is 0 Å². The predicted molar refractivity (Wildman–Crippen MR) is 122 cm³/mol. The van der Waals surface area contributed by atoms with Crippen molar-refractivity contribution in [1.29, 1.82) is 0 Å². The zero-order valence-corrected chi connectivity index (χ0v) is 17.8. The first kappa shape index (κ1) is 20.8. The van der Waals surface area contributed by atoms with Crippen LogP contribution in [0.1, 0.15) is 6.42 Å². The molecule has 0 bridgehead atoms. The van der Waals surface area contributed by atoms with E-state index in [1.165, 1.54) is 5.69 Å². The van der Waals surface area contributed by atoms with Crippen LogP contribution >= 0.6 is 0 Å². The molecule has 0 radical (unpaired) electrons. The third-order valence-electron chi connectivity index (χ3n) is 5.39. The third-order valence-corrected chi connectivity index (χ3v) is 5.39. The van der Waals surface area contributed by atoms with Crippen LogP contribution in [0.15, 0.2) is 53.5 Å². The van der Waals surface area contributed by atoms with Gasteiger partial charge in [-0.2, -0.15) is 0 Å². The molecular weight excluding hydrogens is 394 g/mol. The lowest BCUT2D eigenvalue weighted by atomic mass is 10.2. The van der Waals surface area contributed by atoms with E-state index in [0.29, 0.717) is 38.0 Å². The summed E-state index contributed by atoms with van der Waals surface area (Å²) in [6.45, 7) is 4.57. The number of amides is 1. The highest BCUT2D eigenvalue weighted by atomic mass is 16.5. The molecule has 0 aliphatic carbocycles. The number of rotatable bonds is 4. The Hall–Kier alpha value is -3.42. The Morgan fingerprint density at radius 2 is 1.74 bits per heavy atom. The summed E-state index contributed by atoms with van der Waals surface area (Å²) in [4.78, 5) is 21.1. The molecule has 0 aromatic heterocycles. The van der Waals surface area contributed by atoms with Crippen LogP contribution in [-0.4, -0.2) is 69.8 Å². The van der Waals surface area contributed by atoms with Crippen LogP contribution in [0.4, 0.5) is 11.4 Å². The third kappa shape index (κ3) is 5.39. The van der Waals surface area contributed by atoms with Gasteiger partial charge in [0.05, 0.1) is 19.8 Å². The Morgan fingerprint density at radius 1 is 1.00 bits per heavy atom.